The lowest BCUT2D eigenvalue weighted by Crippen LogP contribution is -2.70. The Morgan fingerprint density at radius 3 is 2.29 bits per heavy atom. The highest BCUT2D eigenvalue weighted by Gasteiger charge is 2.68. The van der Waals surface area contributed by atoms with Crippen LogP contribution in [0.2, 0.25) is 0 Å². The van der Waals surface area contributed by atoms with E-state index in [1.165, 1.54) is 25.1 Å². The number of ether oxygens (including phenoxy) is 1. The zero-order valence-electron chi connectivity index (χ0n) is 21.3. The number of aliphatic hydroxyl groups excluding tert-OH is 3. The van der Waals surface area contributed by atoms with Gasteiger partial charge in [-0.2, -0.15) is 0 Å². The number of imide groups is 1. The number of amides is 2. The fourth-order valence-electron chi connectivity index (χ4n) is 6.01. The smallest absolute Gasteiger partial charge is 0.308 e. The molecule has 0 heterocycles. The molecule has 0 unspecified atom stereocenters. The van der Waals surface area contributed by atoms with E-state index >= 15 is 0 Å². The zero-order valence-corrected chi connectivity index (χ0v) is 21.3. The van der Waals surface area contributed by atoms with Gasteiger partial charge in [-0.05, 0) is 31.6 Å². The molecule has 1 aromatic carbocycles. The number of hydrogen-bond acceptors (Lipinski definition) is 11. The van der Waals surface area contributed by atoms with E-state index in [0.29, 0.717) is 5.56 Å². The molecular formula is C26H28N2O10. The first-order valence-corrected chi connectivity index (χ1v) is 11.8. The monoisotopic (exact) mass is 528 g/mol. The Morgan fingerprint density at radius 1 is 1.11 bits per heavy atom. The number of Topliss-reactive ketones (excluding diaryl/α,β-unsaturated/α-hetero) is 2. The Morgan fingerprint density at radius 2 is 1.74 bits per heavy atom. The molecule has 202 valence electrons. The number of aliphatic hydroxyl groups is 4. The number of hydrogen-bond donors (Lipinski definition) is 5. The van der Waals surface area contributed by atoms with Gasteiger partial charge < -0.3 is 25.2 Å². The van der Waals surface area contributed by atoms with Crippen molar-refractivity contribution in [3.05, 3.63) is 46.2 Å². The second-order valence-corrected chi connectivity index (χ2v) is 10.0. The van der Waals surface area contributed by atoms with Crippen molar-refractivity contribution in [1.29, 1.82) is 0 Å². The van der Waals surface area contributed by atoms with Crippen LogP contribution >= 0.6 is 0 Å². The average molecular weight is 529 g/mol. The largest absolute Gasteiger partial charge is 0.508 e. The van der Waals surface area contributed by atoms with E-state index in [4.69, 9.17) is 4.74 Å². The van der Waals surface area contributed by atoms with Crippen LogP contribution in [0.25, 0.3) is 5.76 Å². The summed E-state index contributed by atoms with van der Waals surface area (Å²) < 4.78 is 5.21. The highest BCUT2D eigenvalue weighted by atomic mass is 16.5. The number of nitrogens with one attached hydrogen (secondary N) is 1. The van der Waals surface area contributed by atoms with Crippen LogP contribution in [0.4, 0.5) is 0 Å². The number of likely N-dealkylation sites (N-methyl/N-ethyl adjacent to an activating group) is 1. The first kappa shape index (κ1) is 27.2. The van der Waals surface area contributed by atoms with Gasteiger partial charge >= 0.3 is 5.97 Å². The molecule has 1 aromatic rings. The summed E-state index contributed by atoms with van der Waals surface area (Å²) >= 11 is 0. The zero-order chi connectivity index (χ0) is 28.4. The van der Waals surface area contributed by atoms with Crippen molar-refractivity contribution in [2.75, 3.05) is 14.1 Å². The van der Waals surface area contributed by atoms with Gasteiger partial charge in [0, 0.05) is 25.3 Å². The minimum Gasteiger partial charge on any atom is -0.508 e. The van der Waals surface area contributed by atoms with Crippen molar-refractivity contribution >= 4 is 35.1 Å². The Kier molecular flexibility index (Phi) is 6.54. The average Bonchev–Trinajstić information content (AvgIpc) is 2.80. The van der Waals surface area contributed by atoms with Crippen LogP contribution in [0.5, 0.6) is 5.75 Å². The number of esters is 1. The summed E-state index contributed by atoms with van der Waals surface area (Å²) in [4.78, 5) is 64.6. The minimum absolute atomic E-state index is 0.00175. The van der Waals surface area contributed by atoms with E-state index < -0.39 is 87.5 Å². The Bertz CT molecular complexity index is 1360. The van der Waals surface area contributed by atoms with Crippen molar-refractivity contribution in [3.8, 4) is 5.75 Å². The lowest BCUT2D eigenvalue weighted by atomic mass is 9.54. The molecule has 12 heteroatoms. The normalized spacial score (nSPS) is 30.5. The lowest BCUT2D eigenvalue weighted by molar-refractivity contribution is -0.169. The van der Waals surface area contributed by atoms with Crippen molar-refractivity contribution in [2.24, 2.45) is 11.8 Å². The summed E-state index contributed by atoms with van der Waals surface area (Å²) in [6, 6.07) is 3.12. The molecule has 0 saturated heterocycles. The molecule has 4 rings (SSSR count). The third-order valence-corrected chi connectivity index (χ3v) is 7.50. The predicted octanol–water partition coefficient (Wildman–Crippen LogP) is -0.107. The molecule has 0 bridgehead atoms. The SMILES string of the molecule is CC(=O)NC(=O)C1=C(O)[C@@]2(O)C(=O)C3=C(O)c4c(OC(C)=O)cccc4[C@H](C)[C@H]3[C@H](O)[C@H]2[C@H](N(C)C)C1=O. The molecule has 1 saturated carbocycles. The van der Waals surface area contributed by atoms with Crippen LogP contribution in [0, 0.1) is 11.8 Å². The number of rotatable bonds is 3. The summed E-state index contributed by atoms with van der Waals surface area (Å²) in [6.45, 7) is 3.80. The van der Waals surface area contributed by atoms with Crippen LogP contribution in [0.1, 0.15) is 37.8 Å². The molecule has 0 spiro atoms. The van der Waals surface area contributed by atoms with Crippen LogP contribution in [0.3, 0.4) is 0 Å². The van der Waals surface area contributed by atoms with Crippen LogP contribution in [-0.2, 0) is 24.0 Å². The van der Waals surface area contributed by atoms with Gasteiger partial charge in [0.25, 0.3) is 5.91 Å². The maximum Gasteiger partial charge on any atom is 0.308 e. The van der Waals surface area contributed by atoms with Gasteiger partial charge in [0.05, 0.1) is 23.6 Å². The van der Waals surface area contributed by atoms with Crippen LogP contribution < -0.4 is 10.1 Å². The minimum atomic E-state index is -3.01. The van der Waals surface area contributed by atoms with E-state index in [1.54, 1.807) is 19.1 Å². The predicted molar refractivity (Wildman–Crippen MR) is 130 cm³/mol. The molecule has 1 fully saturated rings. The quantitative estimate of drug-likeness (QED) is 0.200. The fraction of sp³-hybridized carbons (Fsp3) is 0.423. The first-order chi connectivity index (χ1) is 17.7. The van der Waals surface area contributed by atoms with E-state index in [2.05, 4.69) is 0 Å². The van der Waals surface area contributed by atoms with E-state index in [1.807, 2.05) is 5.32 Å². The number of carbonyl (C=O) groups excluding carboxylic acids is 5. The third-order valence-electron chi connectivity index (χ3n) is 7.50. The van der Waals surface area contributed by atoms with Gasteiger partial charge in [0.2, 0.25) is 11.7 Å². The molecule has 0 aliphatic heterocycles. The number of fused-ring (bicyclic) bond motifs is 3. The summed E-state index contributed by atoms with van der Waals surface area (Å²) in [6.07, 6.45) is -1.67. The maximum atomic E-state index is 14.0. The second kappa shape index (κ2) is 9.15. The molecule has 0 aromatic heterocycles. The molecule has 6 atom stereocenters. The van der Waals surface area contributed by atoms with Crippen LogP contribution in [-0.4, -0.2) is 86.5 Å². The van der Waals surface area contributed by atoms with E-state index in [9.17, 15) is 44.4 Å². The Labute approximate surface area is 217 Å². The van der Waals surface area contributed by atoms with Crippen LogP contribution in [0.15, 0.2) is 35.1 Å². The highest BCUT2D eigenvalue weighted by molar-refractivity contribution is 6.27. The Balaban J connectivity index is 2.02. The number of benzene rings is 1. The summed E-state index contributed by atoms with van der Waals surface area (Å²) in [7, 11) is 2.85. The molecule has 5 N–H and O–H groups in total. The highest BCUT2D eigenvalue weighted by Crippen LogP contribution is 2.56. The van der Waals surface area contributed by atoms with Crippen molar-refractivity contribution in [2.45, 2.75) is 44.4 Å². The number of ketones is 2. The molecule has 3 aliphatic carbocycles. The molecule has 3 aliphatic rings. The molecule has 12 nitrogen and oxygen atoms in total. The fourth-order valence-corrected chi connectivity index (χ4v) is 6.01. The van der Waals surface area contributed by atoms with Gasteiger partial charge in [-0.15, -0.1) is 0 Å². The number of nitrogens with zero attached hydrogens (tertiary/aromatic N) is 1. The van der Waals surface area contributed by atoms with E-state index in [-0.39, 0.29) is 11.3 Å². The van der Waals surface area contributed by atoms with Gasteiger partial charge in [0.1, 0.15) is 22.8 Å². The molecule has 38 heavy (non-hydrogen) atoms. The molecule has 0 radical (unpaired) electrons. The number of carbonyl (C=O) groups is 5. The molecular weight excluding hydrogens is 500 g/mol. The second-order valence-electron chi connectivity index (χ2n) is 10.0. The maximum absolute atomic E-state index is 14.0. The third kappa shape index (κ3) is 3.67. The van der Waals surface area contributed by atoms with Gasteiger partial charge in [0.15, 0.2) is 11.4 Å². The van der Waals surface area contributed by atoms with Gasteiger partial charge in [-0.1, -0.05) is 19.1 Å². The standard InChI is InChI=1S/C26H28N2O10/c1-9-12-7-6-8-13(38-11(3)30)15(12)20(31)16-14(9)21(32)18-19(28(4)5)22(33)17(25(36)27-10(2)29)24(35)26(18,37)23(16)34/h6-9,14,18-19,21,31-32,35,37H,1-5H3,(H,27,29,36)/t9-,14+,18+,19-,21-,26-/m0/s1. The van der Waals surface area contributed by atoms with Crippen molar-refractivity contribution in [1.82, 2.24) is 10.2 Å². The van der Waals surface area contributed by atoms with Crippen molar-refractivity contribution in [3.63, 3.8) is 0 Å². The topological polar surface area (TPSA) is 191 Å². The summed E-state index contributed by atoms with van der Waals surface area (Å²) in [5, 5.41) is 47.7. The lowest BCUT2D eigenvalue weighted by Gasteiger charge is -2.53. The van der Waals surface area contributed by atoms with E-state index in [0.717, 1.165) is 13.8 Å². The van der Waals surface area contributed by atoms with Crippen molar-refractivity contribution < 1.29 is 49.1 Å². The van der Waals surface area contributed by atoms with Gasteiger partial charge in [-0.25, -0.2) is 0 Å². The summed E-state index contributed by atoms with van der Waals surface area (Å²) in [5.41, 5.74) is -4.04. The van der Waals surface area contributed by atoms with Gasteiger partial charge in [-0.3, -0.25) is 34.2 Å². The summed E-state index contributed by atoms with van der Waals surface area (Å²) in [5.74, 6) is -10.7. The Hall–Kier alpha value is -3.87. The first-order valence-electron chi connectivity index (χ1n) is 11.8. The molecule has 2 amide bonds.